The molecule has 1 unspecified atom stereocenters. The number of halogens is 2. The van der Waals surface area contributed by atoms with Crippen molar-refractivity contribution in [1.29, 1.82) is 0 Å². The van der Waals surface area contributed by atoms with Gasteiger partial charge in [0.15, 0.2) is 0 Å². The number of carbonyl (C=O) groups is 2. The molecule has 4 aromatic carbocycles. The number of amides is 2. The van der Waals surface area contributed by atoms with E-state index in [2.05, 4.69) is 5.32 Å². The summed E-state index contributed by atoms with van der Waals surface area (Å²) in [5, 5.41) is 3.51. The maximum absolute atomic E-state index is 13.4. The number of primary amides is 1. The summed E-state index contributed by atoms with van der Waals surface area (Å²) in [6, 6.07) is 24.1. The lowest BCUT2D eigenvalue weighted by Crippen LogP contribution is -2.26. The molecule has 5 nitrogen and oxygen atoms in total. The third-order valence-electron chi connectivity index (χ3n) is 6.42. The Morgan fingerprint density at radius 3 is 2.21 bits per heavy atom. The van der Waals surface area contributed by atoms with Gasteiger partial charge in [0.05, 0.1) is 11.6 Å². The molecular formula is C31H24F2N2O3. The van der Waals surface area contributed by atoms with Gasteiger partial charge in [-0.2, -0.15) is 0 Å². The van der Waals surface area contributed by atoms with Crippen molar-refractivity contribution in [3.63, 3.8) is 0 Å². The molecule has 0 saturated carbocycles. The minimum atomic E-state index is -0.644. The number of fused-ring (bicyclic) bond motifs is 1. The predicted molar refractivity (Wildman–Crippen MR) is 142 cm³/mol. The number of hydrogen-bond acceptors (Lipinski definition) is 3. The van der Waals surface area contributed by atoms with Gasteiger partial charge in [0.25, 0.3) is 11.8 Å². The number of nitrogens with one attached hydrogen (secondary N) is 1. The van der Waals surface area contributed by atoms with Gasteiger partial charge >= 0.3 is 0 Å². The molecule has 0 bridgehead atoms. The van der Waals surface area contributed by atoms with Crippen molar-refractivity contribution >= 4 is 22.8 Å². The van der Waals surface area contributed by atoms with Crippen molar-refractivity contribution in [2.24, 2.45) is 5.73 Å². The van der Waals surface area contributed by atoms with E-state index in [1.54, 1.807) is 24.3 Å². The fourth-order valence-electron chi connectivity index (χ4n) is 4.48. The Morgan fingerprint density at radius 1 is 0.868 bits per heavy atom. The topological polar surface area (TPSA) is 85.3 Å². The third kappa shape index (κ3) is 5.18. The van der Waals surface area contributed by atoms with E-state index in [4.69, 9.17) is 10.2 Å². The highest BCUT2D eigenvalue weighted by atomic mass is 19.1. The summed E-state index contributed by atoms with van der Waals surface area (Å²) in [7, 11) is 0. The quantitative estimate of drug-likeness (QED) is 0.260. The molecule has 5 aromatic rings. The molecular weight excluding hydrogens is 486 g/mol. The maximum atomic E-state index is 13.4. The minimum Gasteiger partial charge on any atom is -0.455 e. The van der Waals surface area contributed by atoms with Gasteiger partial charge in [-0.3, -0.25) is 9.59 Å². The standard InChI is InChI=1S/C31H24F2N2O3/c1-18(21-6-10-24(32)11-7-21)35-31(37)23-4-2-3-19(16-23)15-20-5-14-27-26(17-20)28(30(34)36)29(38-27)22-8-12-25(33)13-9-22/h2-14,16-18H,15H2,1H3,(H2,34,36)(H,35,37). The first-order chi connectivity index (χ1) is 18.3. The lowest BCUT2D eigenvalue weighted by atomic mass is 9.99. The van der Waals surface area contributed by atoms with Crippen LogP contribution in [0.4, 0.5) is 8.78 Å². The van der Waals surface area contributed by atoms with Crippen LogP contribution >= 0.6 is 0 Å². The monoisotopic (exact) mass is 510 g/mol. The van der Waals surface area contributed by atoms with Crippen molar-refractivity contribution in [3.05, 3.63) is 130 Å². The summed E-state index contributed by atoms with van der Waals surface area (Å²) in [5.74, 6) is -1.32. The Morgan fingerprint density at radius 2 is 1.53 bits per heavy atom. The van der Waals surface area contributed by atoms with E-state index in [-0.39, 0.29) is 23.3 Å². The van der Waals surface area contributed by atoms with Crippen LogP contribution in [0, 0.1) is 11.6 Å². The summed E-state index contributed by atoms with van der Waals surface area (Å²) in [6.45, 7) is 1.84. The molecule has 1 aromatic heterocycles. The van der Waals surface area contributed by atoms with Crippen LogP contribution in [0.2, 0.25) is 0 Å². The number of nitrogens with two attached hydrogens (primary N) is 1. The van der Waals surface area contributed by atoms with Crippen molar-refractivity contribution in [3.8, 4) is 11.3 Å². The first-order valence-corrected chi connectivity index (χ1v) is 12.0. The fraction of sp³-hybridized carbons (Fsp3) is 0.0968. The Balaban J connectivity index is 1.39. The number of carbonyl (C=O) groups excluding carboxylic acids is 2. The van der Waals surface area contributed by atoms with E-state index < -0.39 is 11.7 Å². The van der Waals surface area contributed by atoms with Crippen LogP contribution < -0.4 is 11.1 Å². The zero-order valence-corrected chi connectivity index (χ0v) is 20.5. The Kier molecular flexibility index (Phi) is 6.75. The smallest absolute Gasteiger partial charge is 0.253 e. The average Bonchev–Trinajstić information content (AvgIpc) is 3.28. The molecule has 0 aliphatic rings. The normalized spacial score (nSPS) is 11.9. The second-order valence-corrected chi connectivity index (χ2v) is 9.13. The lowest BCUT2D eigenvalue weighted by molar-refractivity contribution is 0.0938. The molecule has 0 radical (unpaired) electrons. The summed E-state index contributed by atoms with van der Waals surface area (Å²) in [5.41, 5.74) is 10.1. The number of rotatable bonds is 7. The fourth-order valence-corrected chi connectivity index (χ4v) is 4.48. The van der Waals surface area contributed by atoms with Gasteiger partial charge in [-0.25, -0.2) is 8.78 Å². The molecule has 2 amide bonds. The van der Waals surface area contributed by atoms with Gasteiger partial charge in [0.2, 0.25) is 0 Å². The van der Waals surface area contributed by atoms with E-state index in [1.165, 1.54) is 36.4 Å². The summed E-state index contributed by atoms with van der Waals surface area (Å²) in [4.78, 5) is 25.2. The van der Waals surface area contributed by atoms with Crippen LogP contribution in [0.3, 0.4) is 0 Å². The largest absolute Gasteiger partial charge is 0.455 e. The van der Waals surface area contributed by atoms with Gasteiger partial charge in [-0.05, 0) is 90.7 Å². The van der Waals surface area contributed by atoms with Crippen LogP contribution in [0.5, 0.6) is 0 Å². The third-order valence-corrected chi connectivity index (χ3v) is 6.42. The van der Waals surface area contributed by atoms with Gasteiger partial charge in [0, 0.05) is 16.5 Å². The molecule has 1 atom stereocenters. The molecule has 0 saturated heterocycles. The zero-order chi connectivity index (χ0) is 26.8. The predicted octanol–water partition coefficient (Wildman–Crippen LogP) is 6.56. The highest BCUT2D eigenvalue weighted by Crippen LogP contribution is 2.34. The van der Waals surface area contributed by atoms with Gasteiger partial charge in [0.1, 0.15) is 23.0 Å². The van der Waals surface area contributed by atoms with E-state index in [9.17, 15) is 18.4 Å². The van der Waals surface area contributed by atoms with Gasteiger partial charge < -0.3 is 15.5 Å². The SMILES string of the molecule is CC(NC(=O)c1cccc(Cc2ccc3oc(-c4ccc(F)cc4)c(C(N)=O)c3c2)c1)c1ccc(F)cc1. The van der Waals surface area contributed by atoms with Crippen LogP contribution in [0.15, 0.2) is 95.4 Å². The maximum Gasteiger partial charge on any atom is 0.253 e. The molecule has 3 N–H and O–H groups in total. The lowest BCUT2D eigenvalue weighted by Gasteiger charge is -2.15. The van der Waals surface area contributed by atoms with Crippen molar-refractivity contribution < 1.29 is 22.8 Å². The molecule has 5 rings (SSSR count). The van der Waals surface area contributed by atoms with E-state index in [0.717, 1.165) is 16.7 Å². The summed E-state index contributed by atoms with van der Waals surface area (Å²) in [6.07, 6.45) is 0.500. The highest BCUT2D eigenvalue weighted by molar-refractivity contribution is 6.10. The number of benzene rings is 4. The van der Waals surface area contributed by atoms with E-state index >= 15 is 0 Å². The molecule has 190 valence electrons. The number of hydrogen-bond donors (Lipinski definition) is 2. The Bertz CT molecular complexity index is 1640. The van der Waals surface area contributed by atoms with Crippen LogP contribution in [-0.2, 0) is 6.42 Å². The first-order valence-electron chi connectivity index (χ1n) is 12.0. The second kappa shape index (κ2) is 10.3. The first kappa shape index (κ1) is 24.9. The second-order valence-electron chi connectivity index (χ2n) is 9.13. The van der Waals surface area contributed by atoms with Crippen LogP contribution in [0.1, 0.15) is 50.4 Å². The van der Waals surface area contributed by atoms with Crippen molar-refractivity contribution in [2.75, 3.05) is 0 Å². The van der Waals surface area contributed by atoms with Crippen LogP contribution in [-0.4, -0.2) is 11.8 Å². The van der Waals surface area contributed by atoms with Crippen molar-refractivity contribution in [2.45, 2.75) is 19.4 Å². The molecule has 0 aliphatic carbocycles. The highest BCUT2D eigenvalue weighted by Gasteiger charge is 2.21. The zero-order valence-electron chi connectivity index (χ0n) is 20.5. The van der Waals surface area contributed by atoms with E-state index in [0.29, 0.717) is 34.3 Å². The molecule has 0 spiro atoms. The van der Waals surface area contributed by atoms with E-state index in [1.807, 2.05) is 37.3 Å². The molecule has 0 aliphatic heterocycles. The Hall–Kier alpha value is -4.78. The minimum absolute atomic E-state index is 0.233. The summed E-state index contributed by atoms with van der Waals surface area (Å²) >= 11 is 0. The average molecular weight is 511 g/mol. The molecule has 38 heavy (non-hydrogen) atoms. The summed E-state index contributed by atoms with van der Waals surface area (Å²) < 4.78 is 32.5. The van der Waals surface area contributed by atoms with Crippen LogP contribution in [0.25, 0.3) is 22.3 Å². The Labute approximate surface area is 217 Å². The molecule has 1 heterocycles. The van der Waals surface area contributed by atoms with Gasteiger partial charge in [-0.1, -0.05) is 30.3 Å². The van der Waals surface area contributed by atoms with Crippen molar-refractivity contribution in [1.82, 2.24) is 5.32 Å². The number of furan rings is 1. The van der Waals surface area contributed by atoms with Gasteiger partial charge in [-0.15, -0.1) is 0 Å². The molecule has 0 fully saturated rings. The molecule has 7 heteroatoms.